The number of H-pyrrole nitrogens is 1. The molecule has 0 amide bonds. The van der Waals surface area contributed by atoms with Gasteiger partial charge in [0.2, 0.25) is 0 Å². The van der Waals surface area contributed by atoms with Gasteiger partial charge in [0.15, 0.2) is 15.9 Å². The molecule has 0 aliphatic rings. The number of rotatable bonds is 2. The van der Waals surface area contributed by atoms with Crippen LogP contribution in [0.15, 0.2) is 38.6 Å². The Morgan fingerprint density at radius 3 is 2.38 bits per heavy atom. The molecule has 3 N–H and O–H groups in total. The maximum atomic E-state index is 11.6. The van der Waals surface area contributed by atoms with E-state index in [0.717, 1.165) is 15.9 Å². The maximum Gasteiger partial charge on any atom is 0.332 e. The summed E-state index contributed by atoms with van der Waals surface area (Å²) < 4.78 is 7.76. The first-order valence-electron chi connectivity index (χ1n) is 7.03. The van der Waals surface area contributed by atoms with E-state index in [-0.39, 0.29) is 11.2 Å². The molecule has 1 aromatic carbocycles. The molecule has 24 heavy (non-hydrogen) atoms. The highest BCUT2D eigenvalue weighted by molar-refractivity contribution is 9.10. The first kappa shape index (κ1) is 18.0. The molecule has 3 rings (SSSR count). The van der Waals surface area contributed by atoms with Gasteiger partial charge in [-0.2, -0.15) is 0 Å². The van der Waals surface area contributed by atoms with Crippen LogP contribution < -0.4 is 21.7 Å². The van der Waals surface area contributed by atoms with Crippen molar-refractivity contribution in [2.24, 2.45) is 19.8 Å². The van der Waals surface area contributed by atoms with Gasteiger partial charge in [-0.1, -0.05) is 12.1 Å². The molecule has 0 spiro atoms. The van der Waals surface area contributed by atoms with Gasteiger partial charge in [-0.15, -0.1) is 0 Å². The molecule has 0 saturated heterocycles. The highest BCUT2D eigenvalue weighted by Gasteiger charge is 2.11. The molecule has 0 unspecified atom stereocenters. The number of nitrogens with zero attached hydrogens (tertiary/aromatic N) is 3. The maximum absolute atomic E-state index is 11.6. The van der Waals surface area contributed by atoms with E-state index in [1.807, 2.05) is 24.3 Å². The predicted molar refractivity (Wildman–Crippen MR) is 95.2 cm³/mol. The minimum Gasteiger partial charge on any atom is -0.497 e. The van der Waals surface area contributed by atoms with E-state index in [2.05, 4.69) is 25.9 Å². The Morgan fingerprint density at radius 2 is 1.83 bits per heavy atom. The van der Waals surface area contributed by atoms with Crippen LogP contribution >= 0.6 is 15.9 Å². The average Bonchev–Trinajstić information content (AvgIpc) is 3.00. The molecule has 0 atom stereocenters. The monoisotopic (exact) mass is 395 g/mol. The van der Waals surface area contributed by atoms with Gasteiger partial charge in [0, 0.05) is 20.6 Å². The molecular formula is C15H18BrN5O3. The van der Waals surface area contributed by atoms with Crippen molar-refractivity contribution in [3.8, 4) is 5.75 Å². The lowest BCUT2D eigenvalue weighted by molar-refractivity contribution is 0.414. The van der Waals surface area contributed by atoms with E-state index >= 15 is 0 Å². The number of methoxy groups -OCH3 is 1. The highest BCUT2D eigenvalue weighted by Crippen LogP contribution is 2.10. The first-order chi connectivity index (χ1) is 11.4. The lowest BCUT2D eigenvalue weighted by Crippen LogP contribution is -2.36. The van der Waals surface area contributed by atoms with Crippen LogP contribution in [0.3, 0.4) is 0 Å². The van der Waals surface area contributed by atoms with Crippen molar-refractivity contribution in [1.82, 2.24) is 19.1 Å². The summed E-state index contributed by atoms with van der Waals surface area (Å²) in [6.07, 6.45) is 0. The Kier molecular flexibility index (Phi) is 5.58. The summed E-state index contributed by atoms with van der Waals surface area (Å²) >= 11 is 3.11. The number of imidazole rings is 1. The van der Waals surface area contributed by atoms with Gasteiger partial charge < -0.3 is 15.5 Å². The third-order valence-electron chi connectivity index (χ3n) is 3.46. The van der Waals surface area contributed by atoms with E-state index in [1.54, 1.807) is 14.2 Å². The summed E-state index contributed by atoms with van der Waals surface area (Å²) in [6.45, 7) is 0.587. The fourth-order valence-corrected chi connectivity index (χ4v) is 2.43. The van der Waals surface area contributed by atoms with Gasteiger partial charge in [-0.25, -0.2) is 9.78 Å². The minimum absolute atomic E-state index is 0.321. The second kappa shape index (κ2) is 7.45. The number of nitrogens with two attached hydrogens (primary N) is 1. The quantitative estimate of drug-likeness (QED) is 0.626. The van der Waals surface area contributed by atoms with Crippen molar-refractivity contribution < 1.29 is 4.74 Å². The molecule has 8 nitrogen and oxygen atoms in total. The van der Waals surface area contributed by atoms with Crippen LogP contribution in [0.25, 0.3) is 11.2 Å². The first-order valence-corrected chi connectivity index (χ1v) is 7.82. The van der Waals surface area contributed by atoms with E-state index in [1.165, 1.54) is 11.6 Å². The molecule has 128 valence electrons. The van der Waals surface area contributed by atoms with Gasteiger partial charge in [0.1, 0.15) is 5.75 Å². The average molecular weight is 396 g/mol. The van der Waals surface area contributed by atoms with Crippen molar-refractivity contribution >= 4 is 27.1 Å². The lowest BCUT2D eigenvalue weighted by atomic mass is 10.2. The van der Waals surface area contributed by atoms with Crippen LogP contribution in [0.1, 0.15) is 5.56 Å². The summed E-state index contributed by atoms with van der Waals surface area (Å²) in [5, 5.41) is 0. The summed E-state index contributed by atoms with van der Waals surface area (Å²) in [5.41, 5.74) is 6.44. The van der Waals surface area contributed by atoms with Crippen LogP contribution in [0.4, 0.5) is 0 Å². The van der Waals surface area contributed by atoms with Crippen LogP contribution in [-0.4, -0.2) is 26.2 Å². The Morgan fingerprint density at radius 1 is 1.21 bits per heavy atom. The second-order valence-electron chi connectivity index (χ2n) is 4.98. The molecule has 0 aliphatic heterocycles. The van der Waals surface area contributed by atoms with Crippen LogP contribution in [-0.2, 0) is 20.6 Å². The highest BCUT2D eigenvalue weighted by atomic mass is 79.9. The zero-order valence-corrected chi connectivity index (χ0v) is 15.1. The van der Waals surface area contributed by atoms with E-state index in [4.69, 9.17) is 10.5 Å². The van der Waals surface area contributed by atoms with Gasteiger partial charge in [0.25, 0.3) is 5.56 Å². The third kappa shape index (κ3) is 3.57. The topological polar surface area (TPSA) is 108 Å². The molecule has 0 fully saturated rings. The van der Waals surface area contributed by atoms with Crippen molar-refractivity contribution in [1.29, 1.82) is 0 Å². The largest absolute Gasteiger partial charge is 0.497 e. The number of hydrogen-bond donors (Lipinski definition) is 2. The summed E-state index contributed by atoms with van der Waals surface area (Å²) in [6, 6.07) is 7.72. The minimum atomic E-state index is -0.387. The Labute approximate surface area is 146 Å². The fraction of sp³-hybridized carbons (Fsp3) is 0.267. The van der Waals surface area contributed by atoms with Crippen LogP contribution in [0.5, 0.6) is 5.75 Å². The Bertz CT molecular complexity index is 933. The number of aromatic nitrogens is 4. The molecule has 2 aromatic heterocycles. The molecule has 0 saturated carbocycles. The van der Waals surface area contributed by atoms with E-state index < -0.39 is 0 Å². The van der Waals surface area contributed by atoms with Crippen molar-refractivity contribution in [2.45, 2.75) is 6.54 Å². The fourth-order valence-electron chi connectivity index (χ4n) is 2.06. The number of aromatic amines is 1. The smallest absolute Gasteiger partial charge is 0.332 e. The number of benzene rings is 1. The molecule has 9 heteroatoms. The van der Waals surface area contributed by atoms with Crippen LogP contribution in [0.2, 0.25) is 0 Å². The van der Waals surface area contributed by atoms with Crippen molar-refractivity contribution in [3.05, 3.63) is 55.4 Å². The predicted octanol–water partition coefficient (Wildman–Crippen LogP) is 0.877. The summed E-state index contributed by atoms with van der Waals surface area (Å²) in [4.78, 5) is 29.8. The van der Waals surface area contributed by atoms with E-state index in [0.29, 0.717) is 22.4 Å². The lowest BCUT2D eigenvalue weighted by Gasteiger charge is -2.00. The van der Waals surface area contributed by atoms with Gasteiger partial charge >= 0.3 is 5.69 Å². The van der Waals surface area contributed by atoms with Crippen LogP contribution in [0, 0.1) is 0 Å². The standard InChI is InChI=1S/C8H11NO.C7H7BrN4O2/c1-10-8-4-2-7(6-9)3-5-8;1-11-4-3(9-6(8)10-4)5(13)12(2)7(11)14/h2-5H,6,9H2,1H3;1-2H3,(H,9,10). The summed E-state index contributed by atoms with van der Waals surface area (Å²) in [7, 11) is 4.65. The van der Waals surface area contributed by atoms with Gasteiger partial charge in [-0.05, 0) is 33.6 Å². The molecule has 0 aliphatic carbocycles. The van der Waals surface area contributed by atoms with Gasteiger partial charge in [0.05, 0.1) is 7.11 Å². The molecular weight excluding hydrogens is 378 g/mol. The van der Waals surface area contributed by atoms with Crippen molar-refractivity contribution in [3.63, 3.8) is 0 Å². The Hall–Kier alpha value is -2.39. The molecule has 2 heterocycles. The zero-order chi connectivity index (χ0) is 17.9. The SMILES string of the molecule is COc1ccc(CN)cc1.Cn1c(=O)c2[nH]c(Br)nc2n(C)c1=O. The van der Waals surface area contributed by atoms with E-state index in [9.17, 15) is 9.59 Å². The third-order valence-corrected chi connectivity index (χ3v) is 3.84. The molecule has 0 radical (unpaired) electrons. The van der Waals surface area contributed by atoms with Gasteiger partial charge in [-0.3, -0.25) is 13.9 Å². The number of nitrogens with one attached hydrogen (secondary N) is 1. The number of hydrogen-bond acceptors (Lipinski definition) is 5. The number of ether oxygens (including phenoxy) is 1. The summed E-state index contributed by atoms with van der Waals surface area (Å²) in [5.74, 6) is 0.872. The number of aryl methyl sites for hydroxylation is 1. The van der Waals surface area contributed by atoms with Crippen molar-refractivity contribution in [2.75, 3.05) is 7.11 Å². The Balaban J connectivity index is 0.000000185. The number of halogens is 1. The molecule has 0 bridgehead atoms. The second-order valence-corrected chi connectivity index (χ2v) is 5.74. The zero-order valence-electron chi connectivity index (χ0n) is 13.5. The number of fused-ring (bicyclic) bond motifs is 1. The normalized spacial score (nSPS) is 10.4. The molecule has 3 aromatic rings.